The highest BCUT2D eigenvalue weighted by Gasteiger charge is 2.31. The van der Waals surface area contributed by atoms with E-state index >= 15 is 0 Å². The lowest BCUT2D eigenvalue weighted by molar-refractivity contribution is -0.385. The molecule has 112 valence electrons. The smallest absolute Gasteiger partial charge is 0.273 e. The molecule has 5 nitrogen and oxygen atoms in total. The molecule has 0 fully saturated rings. The maximum absolute atomic E-state index is 12.7. The number of fused-ring (bicyclic) bond motifs is 1. The molecule has 0 spiro atoms. The van der Waals surface area contributed by atoms with Crippen molar-refractivity contribution in [2.75, 3.05) is 4.90 Å². The topological polar surface area (TPSA) is 63.5 Å². The number of rotatable bonds is 3. The molecule has 1 heterocycles. The van der Waals surface area contributed by atoms with E-state index in [0.29, 0.717) is 5.56 Å². The molecule has 1 atom stereocenters. The van der Waals surface area contributed by atoms with Crippen LogP contribution in [0.2, 0.25) is 0 Å². The van der Waals surface area contributed by atoms with Gasteiger partial charge in [0.1, 0.15) is 0 Å². The summed E-state index contributed by atoms with van der Waals surface area (Å²) in [7, 11) is 0. The minimum absolute atomic E-state index is 0.00372. The van der Waals surface area contributed by atoms with Gasteiger partial charge in [-0.1, -0.05) is 36.4 Å². The summed E-state index contributed by atoms with van der Waals surface area (Å²) < 4.78 is 0. The summed E-state index contributed by atoms with van der Waals surface area (Å²) >= 11 is 0. The van der Waals surface area contributed by atoms with Crippen LogP contribution in [0.5, 0.6) is 0 Å². The zero-order valence-corrected chi connectivity index (χ0v) is 12.2. The summed E-state index contributed by atoms with van der Waals surface area (Å²) in [5.41, 5.74) is 2.51. The minimum atomic E-state index is -0.441. The van der Waals surface area contributed by atoms with Crippen LogP contribution in [0.15, 0.2) is 48.5 Å². The van der Waals surface area contributed by atoms with Crippen molar-refractivity contribution in [3.8, 4) is 0 Å². The second-order valence-electron chi connectivity index (χ2n) is 5.51. The van der Waals surface area contributed by atoms with E-state index in [1.54, 1.807) is 23.1 Å². The number of carbonyl (C=O) groups is 1. The Bertz CT molecular complexity index is 742. The molecule has 1 amide bonds. The van der Waals surface area contributed by atoms with Gasteiger partial charge in [0.25, 0.3) is 5.69 Å². The van der Waals surface area contributed by atoms with Crippen molar-refractivity contribution in [3.05, 3.63) is 69.8 Å². The molecule has 22 heavy (non-hydrogen) atoms. The van der Waals surface area contributed by atoms with Crippen LogP contribution in [-0.2, 0) is 17.6 Å². The molecule has 0 N–H and O–H groups in total. The first-order valence-corrected chi connectivity index (χ1v) is 7.20. The van der Waals surface area contributed by atoms with Crippen LogP contribution in [0.4, 0.5) is 11.4 Å². The summed E-state index contributed by atoms with van der Waals surface area (Å²) in [6.07, 6.45) is 0.856. The molecular weight excluding hydrogens is 280 g/mol. The van der Waals surface area contributed by atoms with Crippen LogP contribution in [0, 0.1) is 10.1 Å². The van der Waals surface area contributed by atoms with E-state index in [0.717, 1.165) is 17.7 Å². The number of hydrogen-bond donors (Lipinski definition) is 0. The molecule has 5 heteroatoms. The fraction of sp³-hybridized carbons (Fsp3) is 0.235. The summed E-state index contributed by atoms with van der Waals surface area (Å²) in [5.74, 6) is -0.105. The van der Waals surface area contributed by atoms with Gasteiger partial charge in [0.2, 0.25) is 5.91 Å². The third kappa shape index (κ3) is 2.45. The first-order chi connectivity index (χ1) is 10.6. The number of para-hydroxylation sites is 2. The number of hydrogen-bond acceptors (Lipinski definition) is 3. The van der Waals surface area contributed by atoms with Crippen LogP contribution < -0.4 is 4.90 Å². The van der Waals surface area contributed by atoms with Gasteiger partial charge in [0.05, 0.1) is 11.3 Å². The summed E-state index contributed by atoms with van der Waals surface area (Å²) in [6, 6.07) is 14.3. The van der Waals surface area contributed by atoms with E-state index in [9.17, 15) is 14.9 Å². The maximum Gasteiger partial charge on any atom is 0.273 e. The van der Waals surface area contributed by atoms with E-state index in [4.69, 9.17) is 0 Å². The van der Waals surface area contributed by atoms with Gasteiger partial charge in [-0.15, -0.1) is 0 Å². The molecule has 0 saturated heterocycles. The quantitative estimate of drug-likeness (QED) is 0.645. The average Bonchev–Trinajstić information content (AvgIpc) is 2.83. The third-order valence-electron chi connectivity index (χ3n) is 4.01. The molecule has 1 aliphatic rings. The highest BCUT2D eigenvalue weighted by atomic mass is 16.6. The molecule has 0 saturated carbocycles. The Morgan fingerprint density at radius 2 is 1.91 bits per heavy atom. The molecule has 0 radical (unpaired) electrons. The van der Waals surface area contributed by atoms with E-state index in [2.05, 4.69) is 0 Å². The largest absolute Gasteiger partial charge is 0.309 e. The second kappa shape index (κ2) is 5.60. The van der Waals surface area contributed by atoms with E-state index in [1.165, 1.54) is 6.07 Å². The Morgan fingerprint density at radius 1 is 1.23 bits per heavy atom. The summed E-state index contributed by atoms with van der Waals surface area (Å²) in [4.78, 5) is 25.0. The average molecular weight is 296 g/mol. The lowest BCUT2D eigenvalue weighted by Crippen LogP contribution is -2.36. The summed E-state index contributed by atoms with van der Waals surface area (Å²) in [6.45, 7) is 2.00. The Kier molecular flexibility index (Phi) is 3.63. The molecule has 0 aliphatic carbocycles. The second-order valence-corrected chi connectivity index (χ2v) is 5.51. The first kappa shape index (κ1) is 14.3. The summed E-state index contributed by atoms with van der Waals surface area (Å²) in [5, 5.41) is 11.1. The molecule has 1 aliphatic heterocycles. The molecule has 2 aromatic rings. The van der Waals surface area contributed by atoms with Gasteiger partial charge >= 0.3 is 0 Å². The van der Waals surface area contributed by atoms with E-state index in [1.807, 2.05) is 31.2 Å². The first-order valence-electron chi connectivity index (χ1n) is 7.20. The van der Waals surface area contributed by atoms with Gasteiger partial charge in [-0.3, -0.25) is 14.9 Å². The molecule has 2 aromatic carbocycles. The number of carbonyl (C=O) groups excluding carboxylic acids is 1. The molecule has 0 aromatic heterocycles. The van der Waals surface area contributed by atoms with Crippen molar-refractivity contribution in [1.29, 1.82) is 0 Å². The van der Waals surface area contributed by atoms with Gasteiger partial charge in [0.15, 0.2) is 0 Å². The molecular formula is C17H16N2O3. The third-order valence-corrected chi connectivity index (χ3v) is 4.01. The van der Waals surface area contributed by atoms with E-state index < -0.39 is 4.92 Å². The van der Waals surface area contributed by atoms with Crippen molar-refractivity contribution >= 4 is 17.3 Å². The molecule has 0 bridgehead atoms. The number of nitro benzene ring substituents is 1. The number of anilines is 1. The van der Waals surface area contributed by atoms with Crippen molar-refractivity contribution in [1.82, 2.24) is 0 Å². The van der Waals surface area contributed by atoms with Crippen LogP contribution in [-0.4, -0.2) is 16.9 Å². The molecule has 3 rings (SSSR count). The SMILES string of the molecule is C[C@H]1Cc2ccccc2N1C(=O)Cc1ccccc1[N+](=O)[O-]. The van der Waals surface area contributed by atoms with Gasteiger partial charge in [0, 0.05) is 23.4 Å². The van der Waals surface area contributed by atoms with Gasteiger partial charge in [-0.05, 0) is 25.0 Å². The number of nitrogens with zero attached hydrogens (tertiary/aromatic N) is 2. The predicted octanol–water partition coefficient (Wildman–Crippen LogP) is 3.12. The van der Waals surface area contributed by atoms with Crippen molar-refractivity contribution in [3.63, 3.8) is 0 Å². The minimum Gasteiger partial charge on any atom is -0.309 e. The molecule has 0 unspecified atom stereocenters. The zero-order chi connectivity index (χ0) is 15.7. The van der Waals surface area contributed by atoms with E-state index in [-0.39, 0.29) is 24.1 Å². The zero-order valence-electron chi connectivity index (χ0n) is 12.2. The van der Waals surface area contributed by atoms with Gasteiger partial charge < -0.3 is 4.90 Å². The van der Waals surface area contributed by atoms with Crippen LogP contribution in [0.1, 0.15) is 18.1 Å². The lowest BCUT2D eigenvalue weighted by Gasteiger charge is -2.22. The lowest BCUT2D eigenvalue weighted by atomic mass is 10.1. The van der Waals surface area contributed by atoms with Crippen LogP contribution in [0.25, 0.3) is 0 Å². The standard InChI is InChI=1S/C17H16N2O3/c1-12-10-13-6-2-4-8-15(13)18(12)17(20)11-14-7-3-5-9-16(14)19(21)22/h2-9,12H,10-11H2,1H3/t12-/m0/s1. The van der Waals surface area contributed by atoms with Crippen LogP contribution >= 0.6 is 0 Å². The van der Waals surface area contributed by atoms with Gasteiger partial charge in [-0.25, -0.2) is 0 Å². The number of nitro groups is 1. The van der Waals surface area contributed by atoms with Gasteiger partial charge in [-0.2, -0.15) is 0 Å². The monoisotopic (exact) mass is 296 g/mol. The van der Waals surface area contributed by atoms with Crippen molar-refractivity contribution in [2.24, 2.45) is 0 Å². The fourth-order valence-corrected chi connectivity index (χ4v) is 3.03. The van der Waals surface area contributed by atoms with Crippen LogP contribution in [0.3, 0.4) is 0 Å². The Morgan fingerprint density at radius 3 is 2.68 bits per heavy atom. The van der Waals surface area contributed by atoms with Crippen molar-refractivity contribution < 1.29 is 9.72 Å². The predicted molar refractivity (Wildman–Crippen MR) is 83.9 cm³/mol. The Labute approximate surface area is 128 Å². The fourth-order valence-electron chi connectivity index (χ4n) is 3.03. The normalized spacial score (nSPS) is 16.4. The highest BCUT2D eigenvalue weighted by Crippen LogP contribution is 2.32. The number of benzene rings is 2. The highest BCUT2D eigenvalue weighted by molar-refractivity contribution is 5.97. The maximum atomic E-state index is 12.7. The Balaban J connectivity index is 1.89. The Hall–Kier alpha value is -2.69. The number of amides is 1. The van der Waals surface area contributed by atoms with Crippen molar-refractivity contribution in [2.45, 2.75) is 25.8 Å².